The first kappa shape index (κ1) is 17.3. The molecule has 1 atom stereocenters. The topological polar surface area (TPSA) is 75.6 Å². The van der Waals surface area contributed by atoms with Crippen molar-refractivity contribution in [2.45, 2.75) is 19.8 Å². The summed E-state index contributed by atoms with van der Waals surface area (Å²) < 4.78 is 32.1. The number of carboxylic acid groups (broad SMARTS) is 1. The summed E-state index contributed by atoms with van der Waals surface area (Å²) in [6, 6.07) is 1.77. The largest absolute Gasteiger partial charge is 0.481 e. The Kier molecular flexibility index (Phi) is 5.65. The van der Waals surface area contributed by atoms with Crippen LogP contribution in [-0.4, -0.2) is 36.7 Å². The molecule has 1 aromatic carbocycles. The highest BCUT2D eigenvalue weighted by molar-refractivity contribution is 5.94. The molecule has 1 saturated heterocycles. The van der Waals surface area contributed by atoms with Crippen LogP contribution in [0.15, 0.2) is 12.1 Å². The van der Waals surface area contributed by atoms with Gasteiger partial charge in [-0.3, -0.25) is 9.59 Å². The van der Waals surface area contributed by atoms with Gasteiger partial charge in [0.1, 0.15) is 11.6 Å². The van der Waals surface area contributed by atoms with Crippen LogP contribution in [0.3, 0.4) is 0 Å². The molecular formula is C16H19F2NO4. The van der Waals surface area contributed by atoms with E-state index in [0.717, 1.165) is 6.07 Å². The van der Waals surface area contributed by atoms with E-state index in [9.17, 15) is 23.5 Å². The first-order valence-electron chi connectivity index (χ1n) is 7.44. The molecule has 1 aromatic rings. The second kappa shape index (κ2) is 7.50. The van der Waals surface area contributed by atoms with Gasteiger partial charge in [0.05, 0.1) is 11.5 Å². The number of halogens is 2. The average molecular weight is 327 g/mol. The molecule has 1 heterocycles. The van der Waals surface area contributed by atoms with Gasteiger partial charge in [0.25, 0.3) is 5.91 Å². The van der Waals surface area contributed by atoms with E-state index in [0.29, 0.717) is 32.1 Å². The molecule has 0 aromatic heterocycles. The standard InChI is InChI=1S/C16H19F2NO4/c1-9-6-11(14(18)7-13(9)17)15(20)19-8-12(16(21)22)10-2-4-23-5-3-10/h6-7,10,12H,2-5,8H2,1H3,(H,19,20)(H,21,22). The molecule has 7 heteroatoms. The van der Waals surface area contributed by atoms with Crippen LogP contribution < -0.4 is 5.32 Å². The Morgan fingerprint density at radius 1 is 1.30 bits per heavy atom. The lowest BCUT2D eigenvalue weighted by Crippen LogP contribution is -2.39. The predicted molar refractivity (Wildman–Crippen MR) is 78.1 cm³/mol. The van der Waals surface area contributed by atoms with E-state index < -0.39 is 29.4 Å². The van der Waals surface area contributed by atoms with Crippen LogP contribution in [0.2, 0.25) is 0 Å². The Morgan fingerprint density at radius 3 is 2.57 bits per heavy atom. The van der Waals surface area contributed by atoms with Gasteiger partial charge in [0.15, 0.2) is 0 Å². The first-order chi connectivity index (χ1) is 10.9. The lowest BCUT2D eigenvalue weighted by Gasteiger charge is -2.27. The Labute approximate surface area is 132 Å². The molecule has 1 amide bonds. The van der Waals surface area contributed by atoms with Crippen molar-refractivity contribution in [3.8, 4) is 0 Å². The summed E-state index contributed by atoms with van der Waals surface area (Å²) in [4.78, 5) is 23.4. The molecule has 0 radical (unpaired) electrons. The van der Waals surface area contributed by atoms with Crippen molar-refractivity contribution in [3.05, 3.63) is 34.9 Å². The second-order valence-corrected chi connectivity index (χ2v) is 5.69. The molecule has 1 aliphatic rings. The highest BCUT2D eigenvalue weighted by Gasteiger charge is 2.30. The molecule has 0 bridgehead atoms. The number of ether oxygens (including phenoxy) is 1. The molecule has 2 rings (SSSR count). The molecule has 0 saturated carbocycles. The average Bonchev–Trinajstić information content (AvgIpc) is 2.51. The molecule has 23 heavy (non-hydrogen) atoms. The number of hydrogen-bond donors (Lipinski definition) is 2. The molecule has 1 aliphatic heterocycles. The molecule has 1 unspecified atom stereocenters. The van der Waals surface area contributed by atoms with Gasteiger partial charge in [-0.2, -0.15) is 0 Å². The Balaban J connectivity index is 2.04. The first-order valence-corrected chi connectivity index (χ1v) is 7.44. The van der Waals surface area contributed by atoms with Gasteiger partial charge >= 0.3 is 5.97 Å². The number of rotatable bonds is 5. The number of hydrogen-bond acceptors (Lipinski definition) is 3. The molecule has 5 nitrogen and oxygen atoms in total. The minimum absolute atomic E-state index is 0.0960. The summed E-state index contributed by atoms with van der Waals surface area (Å²) >= 11 is 0. The normalized spacial score (nSPS) is 16.8. The lowest BCUT2D eigenvalue weighted by atomic mass is 9.86. The third kappa shape index (κ3) is 4.25. The van der Waals surface area contributed by atoms with Gasteiger partial charge in [-0.25, -0.2) is 8.78 Å². The van der Waals surface area contributed by atoms with Gasteiger partial charge < -0.3 is 15.2 Å². The van der Waals surface area contributed by atoms with E-state index in [-0.39, 0.29) is 23.6 Å². The summed E-state index contributed by atoms with van der Waals surface area (Å²) in [5.74, 6) is -4.31. The molecule has 0 aliphatic carbocycles. The van der Waals surface area contributed by atoms with Crippen molar-refractivity contribution < 1.29 is 28.2 Å². The van der Waals surface area contributed by atoms with Gasteiger partial charge in [-0.15, -0.1) is 0 Å². The number of aliphatic carboxylic acids is 1. The molecular weight excluding hydrogens is 308 g/mol. The molecule has 126 valence electrons. The van der Waals surface area contributed by atoms with Gasteiger partial charge in [-0.05, 0) is 37.3 Å². The smallest absolute Gasteiger partial charge is 0.308 e. The fraction of sp³-hybridized carbons (Fsp3) is 0.500. The van der Waals surface area contributed by atoms with Crippen molar-refractivity contribution in [2.75, 3.05) is 19.8 Å². The second-order valence-electron chi connectivity index (χ2n) is 5.69. The molecule has 1 fully saturated rings. The van der Waals surface area contributed by atoms with Gasteiger partial charge in [0.2, 0.25) is 0 Å². The zero-order valence-electron chi connectivity index (χ0n) is 12.8. The molecule has 0 spiro atoms. The zero-order valence-corrected chi connectivity index (χ0v) is 12.8. The maximum atomic E-state index is 13.7. The fourth-order valence-corrected chi connectivity index (χ4v) is 2.70. The van der Waals surface area contributed by atoms with E-state index in [1.807, 2.05) is 0 Å². The van der Waals surface area contributed by atoms with Crippen molar-refractivity contribution >= 4 is 11.9 Å². The van der Waals surface area contributed by atoms with E-state index in [2.05, 4.69) is 5.32 Å². The van der Waals surface area contributed by atoms with Crippen LogP contribution in [0.1, 0.15) is 28.8 Å². The third-order valence-corrected chi connectivity index (χ3v) is 4.13. The molecule has 2 N–H and O–H groups in total. The zero-order chi connectivity index (χ0) is 17.0. The van der Waals surface area contributed by atoms with E-state index >= 15 is 0 Å². The number of amides is 1. The summed E-state index contributed by atoms with van der Waals surface area (Å²) in [5.41, 5.74) is -0.143. The van der Waals surface area contributed by atoms with Crippen molar-refractivity contribution in [3.63, 3.8) is 0 Å². The maximum Gasteiger partial charge on any atom is 0.308 e. The Morgan fingerprint density at radius 2 is 1.96 bits per heavy atom. The van der Waals surface area contributed by atoms with Gasteiger partial charge in [0, 0.05) is 25.8 Å². The number of carboxylic acids is 1. The Hall–Kier alpha value is -2.02. The highest BCUT2D eigenvalue weighted by Crippen LogP contribution is 2.24. The SMILES string of the molecule is Cc1cc(C(=O)NCC(C(=O)O)C2CCOCC2)c(F)cc1F. The van der Waals surface area contributed by atoms with Crippen LogP contribution in [0.4, 0.5) is 8.78 Å². The van der Waals surface area contributed by atoms with E-state index in [4.69, 9.17) is 4.74 Å². The van der Waals surface area contributed by atoms with Crippen molar-refractivity contribution in [2.24, 2.45) is 11.8 Å². The summed E-state index contributed by atoms with van der Waals surface area (Å²) in [5, 5.41) is 11.8. The summed E-state index contributed by atoms with van der Waals surface area (Å²) in [6.07, 6.45) is 1.22. The minimum Gasteiger partial charge on any atom is -0.481 e. The highest BCUT2D eigenvalue weighted by atomic mass is 19.1. The van der Waals surface area contributed by atoms with Gasteiger partial charge in [-0.1, -0.05) is 0 Å². The lowest BCUT2D eigenvalue weighted by molar-refractivity contribution is -0.144. The number of aryl methyl sites for hydroxylation is 1. The third-order valence-electron chi connectivity index (χ3n) is 4.13. The summed E-state index contributed by atoms with van der Waals surface area (Å²) in [7, 11) is 0. The van der Waals surface area contributed by atoms with Crippen LogP contribution >= 0.6 is 0 Å². The monoisotopic (exact) mass is 327 g/mol. The Bertz CT molecular complexity index is 600. The number of nitrogens with one attached hydrogen (secondary N) is 1. The number of benzene rings is 1. The number of carbonyl (C=O) groups is 2. The minimum atomic E-state index is -1.01. The summed E-state index contributed by atoms with van der Waals surface area (Å²) in [6.45, 7) is 2.31. The fourth-order valence-electron chi connectivity index (χ4n) is 2.70. The van der Waals surface area contributed by atoms with Crippen molar-refractivity contribution in [1.29, 1.82) is 0 Å². The quantitative estimate of drug-likeness (QED) is 0.869. The van der Waals surface area contributed by atoms with Crippen LogP contribution in [0.5, 0.6) is 0 Å². The van der Waals surface area contributed by atoms with Crippen LogP contribution in [0.25, 0.3) is 0 Å². The van der Waals surface area contributed by atoms with E-state index in [1.54, 1.807) is 0 Å². The van der Waals surface area contributed by atoms with Crippen LogP contribution in [-0.2, 0) is 9.53 Å². The van der Waals surface area contributed by atoms with Crippen molar-refractivity contribution in [1.82, 2.24) is 5.32 Å². The number of carbonyl (C=O) groups excluding carboxylic acids is 1. The van der Waals surface area contributed by atoms with E-state index in [1.165, 1.54) is 6.92 Å². The predicted octanol–water partition coefficient (Wildman–Crippen LogP) is 2.13. The maximum absolute atomic E-state index is 13.7. The van der Waals surface area contributed by atoms with Crippen LogP contribution in [0, 0.1) is 30.4 Å².